The first-order valence-electron chi connectivity index (χ1n) is 6.94. The van der Waals surface area contributed by atoms with Crippen molar-refractivity contribution in [2.75, 3.05) is 13.1 Å². The lowest BCUT2D eigenvalue weighted by atomic mass is 9.92. The molecule has 1 fully saturated rings. The minimum Gasteiger partial charge on any atom is -0.349 e. The second-order valence-corrected chi connectivity index (χ2v) is 5.29. The lowest BCUT2D eigenvalue weighted by Gasteiger charge is -2.28. The van der Waals surface area contributed by atoms with Crippen molar-refractivity contribution in [3.63, 3.8) is 0 Å². The molecule has 1 aromatic carbocycles. The first-order chi connectivity index (χ1) is 9.99. The fourth-order valence-corrected chi connectivity index (χ4v) is 2.56. The lowest BCUT2D eigenvalue weighted by Crippen LogP contribution is -2.44. The average Bonchev–Trinajstić information content (AvgIpc) is 2.47. The fourth-order valence-electron chi connectivity index (χ4n) is 2.56. The van der Waals surface area contributed by atoms with Crippen molar-refractivity contribution in [1.82, 2.24) is 10.6 Å². The molecule has 0 aromatic heterocycles. The van der Waals surface area contributed by atoms with Crippen molar-refractivity contribution in [3.05, 3.63) is 39.7 Å². The van der Waals surface area contributed by atoms with Gasteiger partial charge in [-0.2, -0.15) is 0 Å². The molecule has 0 saturated carbocycles. The quantitative estimate of drug-likeness (QED) is 0.656. The largest absolute Gasteiger partial charge is 0.349 e. The van der Waals surface area contributed by atoms with Crippen LogP contribution in [0, 0.1) is 21.8 Å². The highest BCUT2D eigenvalue weighted by molar-refractivity contribution is 5.98. The predicted molar refractivity (Wildman–Crippen MR) is 75.6 cm³/mol. The molecular weight excluding hydrogens is 277 g/mol. The third-order valence-electron chi connectivity index (χ3n) is 3.80. The second-order valence-electron chi connectivity index (χ2n) is 5.29. The topological polar surface area (TPSA) is 84.3 Å². The van der Waals surface area contributed by atoms with Crippen molar-refractivity contribution in [1.29, 1.82) is 0 Å². The fraction of sp³-hybridized carbons (Fsp3) is 0.500. The van der Waals surface area contributed by atoms with Crippen LogP contribution in [-0.4, -0.2) is 30.0 Å². The van der Waals surface area contributed by atoms with E-state index in [4.69, 9.17) is 0 Å². The van der Waals surface area contributed by atoms with Crippen molar-refractivity contribution >= 4 is 11.6 Å². The van der Waals surface area contributed by atoms with Crippen LogP contribution in [0.25, 0.3) is 0 Å². The molecule has 0 bridgehead atoms. The first-order valence-corrected chi connectivity index (χ1v) is 6.94. The zero-order chi connectivity index (χ0) is 15.4. The van der Waals surface area contributed by atoms with Gasteiger partial charge in [0.2, 0.25) is 0 Å². The minimum absolute atomic E-state index is 0.102. The van der Waals surface area contributed by atoms with Gasteiger partial charge in [0.25, 0.3) is 11.6 Å². The van der Waals surface area contributed by atoms with E-state index in [0.717, 1.165) is 44.1 Å². The van der Waals surface area contributed by atoms with Crippen LogP contribution in [0.3, 0.4) is 0 Å². The number of nitro groups is 1. The third-order valence-corrected chi connectivity index (χ3v) is 3.80. The van der Waals surface area contributed by atoms with Crippen LogP contribution in [0.5, 0.6) is 0 Å². The van der Waals surface area contributed by atoms with Gasteiger partial charge in [-0.3, -0.25) is 14.9 Å². The highest BCUT2D eigenvalue weighted by Crippen LogP contribution is 2.21. The molecule has 0 aliphatic carbocycles. The van der Waals surface area contributed by atoms with Crippen LogP contribution >= 0.6 is 0 Å². The molecule has 2 atom stereocenters. The van der Waals surface area contributed by atoms with Crippen LogP contribution in [-0.2, 0) is 0 Å². The highest BCUT2D eigenvalue weighted by atomic mass is 19.1. The minimum atomic E-state index is -0.745. The summed E-state index contributed by atoms with van der Waals surface area (Å²) < 4.78 is 13.1. The lowest BCUT2D eigenvalue weighted by molar-refractivity contribution is -0.385. The van der Waals surface area contributed by atoms with E-state index in [-0.39, 0.29) is 11.6 Å². The number of nitrogens with zero attached hydrogens (tertiary/aromatic N) is 1. The normalized spacial score (nSPS) is 19.8. The molecule has 21 heavy (non-hydrogen) atoms. The standard InChI is InChI=1S/C14H18FN3O3/c1-9(10-3-2-6-16-8-10)17-14(19)12-5-4-11(15)7-13(12)18(20)21/h4-5,7,9-10,16H,2-3,6,8H2,1H3,(H,17,19). The van der Waals surface area contributed by atoms with E-state index < -0.39 is 22.3 Å². The SMILES string of the molecule is CC(NC(=O)c1ccc(F)cc1[N+](=O)[O-])C1CCCNC1. The zero-order valence-electron chi connectivity index (χ0n) is 11.8. The summed E-state index contributed by atoms with van der Waals surface area (Å²) in [6.45, 7) is 3.67. The Labute approximate surface area is 121 Å². The van der Waals surface area contributed by atoms with Gasteiger partial charge in [0.15, 0.2) is 0 Å². The summed E-state index contributed by atoms with van der Waals surface area (Å²) in [4.78, 5) is 22.3. The van der Waals surface area contributed by atoms with Crippen LogP contribution in [0.15, 0.2) is 18.2 Å². The molecule has 2 rings (SSSR count). The first kappa shape index (κ1) is 15.4. The molecular formula is C14H18FN3O3. The summed E-state index contributed by atoms with van der Waals surface area (Å²) in [5, 5.41) is 16.9. The summed E-state index contributed by atoms with van der Waals surface area (Å²) in [7, 11) is 0. The van der Waals surface area contributed by atoms with Gasteiger partial charge in [0, 0.05) is 6.04 Å². The number of piperidine rings is 1. The van der Waals surface area contributed by atoms with E-state index in [1.165, 1.54) is 0 Å². The maximum Gasteiger partial charge on any atom is 0.285 e. The van der Waals surface area contributed by atoms with E-state index in [0.29, 0.717) is 5.92 Å². The van der Waals surface area contributed by atoms with Gasteiger partial charge in [-0.25, -0.2) is 4.39 Å². The van der Waals surface area contributed by atoms with Gasteiger partial charge in [-0.15, -0.1) is 0 Å². The number of benzene rings is 1. The number of halogens is 1. The number of carbonyl (C=O) groups is 1. The zero-order valence-corrected chi connectivity index (χ0v) is 11.8. The Morgan fingerprint density at radius 3 is 2.95 bits per heavy atom. The Bertz CT molecular complexity index is 544. The van der Waals surface area contributed by atoms with E-state index in [9.17, 15) is 19.3 Å². The maximum absolute atomic E-state index is 13.1. The van der Waals surface area contributed by atoms with Crippen LogP contribution in [0.1, 0.15) is 30.1 Å². The molecule has 2 unspecified atom stereocenters. The molecule has 6 nitrogen and oxygen atoms in total. The Hall–Kier alpha value is -2.02. The van der Waals surface area contributed by atoms with Gasteiger partial charge in [0.05, 0.1) is 11.0 Å². The molecule has 1 heterocycles. The Kier molecular flexibility index (Phi) is 4.85. The molecule has 1 aliphatic rings. The highest BCUT2D eigenvalue weighted by Gasteiger charge is 2.25. The van der Waals surface area contributed by atoms with Crippen molar-refractivity contribution in [2.45, 2.75) is 25.8 Å². The van der Waals surface area contributed by atoms with E-state index >= 15 is 0 Å². The van der Waals surface area contributed by atoms with Gasteiger partial charge in [-0.1, -0.05) is 0 Å². The number of nitrogens with one attached hydrogen (secondary N) is 2. The van der Waals surface area contributed by atoms with E-state index in [2.05, 4.69) is 10.6 Å². The smallest absolute Gasteiger partial charge is 0.285 e. The molecule has 1 aromatic rings. The molecule has 114 valence electrons. The van der Waals surface area contributed by atoms with Crippen molar-refractivity contribution in [2.24, 2.45) is 5.92 Å². The van der Waals surface area contributed by atoms with Gasteiger partial charge in [-0.05, 0) is 50.9 Å². The Morgan fingerprint density at radius 2 is 2.33 bits per heavy atom. The third kappa shape index (κ3) is 3.75. The van der Waals surface area contributed by atoms with E-state index in [1.54, 1.807) is 0 Å². The number of hydrogen-bond donors (Lipinski definition) is 2. The van der Waals surface area contributed by atoms with Crippen LogP contribution < -0.4 is 10.6 Å². The number of hydrogen-bond acceptors (Lipinski definition) is 4. The number of nitro benzene ring substituents is 1. The molecule has 2 N–H and O–H groups in total. The molecule has 7 heteroatoms. The summed E-state index contributed by atoms with van der Waals surface area (Å²) in [5.74, 6) is -0.982. The molecule has 0 radical (unpaired) electrons. The number of carbonyl (C=O) groups excluding carboxylic acids is 1. The van der Waals surface area contributed by atoms with E-state index in [1.807, 2.05) is 6.92 Å². The van der Waals surface area contributed by atoms with Gasteiger partial charge >= 0.3 is 0 Å². The summed E-state index contributed by atoms with van der Waals surface area (Å²) in [6.07, 6.45) is 2.04. The monoisotopic (exact) mass is 295 g/mol. The molecule has 0 spiro atoms. The van der Waals surface area contributed by atoms with Gasteiger partial charge in [0.1, 0.15) is 11.4 Å². The summed E-state index contributed by atoms with van der Waals surface area (Å²) in [5.41, 5.74) is -0.626. The average molecular weight is 295 g/mol. The predicted octanol–water partition coefficient (Wildman–Crippen LogP) is 1.85. The molecule has 1 aliphatic heterocycles. The maximum atomic E-state index is 13.1. The number of rotatable bonds is 4. The van der Waals surface area contributed by atoms with Crippen LogP contribution in [0.2, 0.25) is 0 Å². The molecule has 1 saturated heterocycles. The number of amides is 1. The Balaban J connectivity index is 2.11. The van der Waals surface area contributed by atoms with Crippen molar-refractivity contribution in [3.8, 4) is 0 Å². The van der Waals surface area contributed by atoms with Crippen molar-refractivity contribution < 1.29 is 14.1 Å². The second kappa shape index (κ2) is 6.62. The van der Waals surface area contributed by atoms with Crippen LogP contribution in [0.4, 0.5) is 10.1 Å². The summed E-state index contributed by atoms with van der Waals surface area (Å²) in [6, 6.07) is 2.86. The summed E-state index contributed by atoms with van der Waals surface area (Å²) >= 11 is 0. The molecule has 1 amide bonds. The Morgan fingerprint density at radius 1 is 1.57 bits per heavy atom. The van der Waals surface area contributed by atoms with Gasteiger partial charge < -0.3 is 10.6 Å².